The Labute approximate surface area is 149 Å². The van der Waals surface area contributed by atoms with Crippen molar-refractivity contribution in [2.75, 3.05) is 18.1 Å². The van der Waals surface area contributed by atoms with Crippen LogP contribution in [0.3, 0.4) is 0 Å². The SMILES string of the molecule is O=C(C1CCC1)N1CCC(O)(CC2CC=NN2c2ccccc2)CC1. The number of anilines is 1. The molecule has 134 valence electrons. The molecule has 5 nitrogen and oxygen atoms in total. The molecule has 0 radical (unpaired) electrons. The second kappa shape index (κ2) is 6.79. The smallest absolute Gasteiger partial charge is 0.225 e. The number of hydrazone groups is 1. The van der Waals surface area contributed by atoms with Gasteiger partial charge >= 0.3 is 0 Å². The number of para-hydroxylation sites is 1. The molecule has 1 aliphatic carbocycles. The van der Waals surface area contributed by atoms with Crippen molar-refractivity contribution in [1.82, 2.24) is 4.90 Å². The third-order valence-electron chi connectivity index (χ3n) is 6.03. The Morgan fingerprint density at radius 3 is 2.56 bits per heavy atom. The number of carbonyl (C=O) groups excluding carboxylic acids is 1. The number of amides is 1. The van der Waals surface area contributed by atoms with E-state index in [2.05, 4.69) is 17.2 Å². The van der Waals surface area contributed by atoms with Gasteiger partial charge in [-0.1, -0.05) is 24.6 Å². The van der Waals surface area contributed by atoms with E-state index in [-0.39, 0.29) is 12.0 Å². The molecule has 2 aliphatic heterocycles. The summed E-state index contributed by atoms with van der Waals surface area (Å²) in [6.07, 6.45) is 8.13. The molecule has 0 bridgehead atoms. The predicted octanol–water partition coefficient (Wildman–Crippen LogP) is 2.79. The van der Waals surface area contributed by atoms with Crippen LogP contribution >= 0.6 is 0 Å². The lowest BCUT2D eigenvalue weighted by atomic mass is 9.81. The predicted molar refractivity (Wildman–Crippen MR) is 98.5 cm³/mol. The van der Waals surface area contributed by atoms with Crippen LogP contribution in [0.5, 0.6) is 0 Å². The molecule has 1 N–H and O–H groups in total. The van der Waals surface area contributed by atoms with Crippen LogP contribution in [0.15, 0.2) is 35.4 Å². The molecule has 3 aliphatic rings. The number of hydrogen-bond donors (Lipinski definition) is 1. The van der Waals surface area contributed by atoms with Crippen molar-refractivity contribution >= 4 is 17.8 Å². The van der Waals surface area contributed by atoms with Gasteiger partial charge in [0.25, 0.3) is 0 Å². The van der Waals surface area contributed by atoms with E-state index in [9.17, 15) is 9.90 Å². The lowest BCUT2D eigenvalue weighted by Crippen LogP contribution is -2.51. The molecule has 1 unspecified atom stereocenters. The average Bonchev–Trinajstić information content (AvgIpc) is 3.02. The van der Waals surface area contributed by atoms with E-state index in [0.717, 1.165) is 24.9 Å². The van der Waals surface area contributed by atoms with Crippen molar-refractivity contribution in [3.05, 3.63) is 30.3 Å². The molecule has 5 heteroatoms. The molecule has 1 amide bonds. The van der Waals surface area contributed by atoms with Gasteiger partial charge < -0.3 is 10.0 Å². The molecular formula is C20H27N3O2. The van der Waals surface area contributed by atoms with Crippen LogP contribution in [0, 0.1) is 5.92 Å². The fourth-order valence-electron chi connectivity index (χ4n) is 4.18. The first-order valence-corrected chi connectivity index (χ1v) is 9.53. The van der Waals surface area contributed by atoms with E-state index < -0.39 is 5.60 Å². The number of aliphatic hydroxyl groups is 1. The van der Waals surface area contributed by atoms with E-state index in [4.69, 9.17) is 0 Å². The monoisotopic (exact) mass is 341 g/mol. The van der Waals surface area contributed by atoms with Crippen LogP contribution in [0.25, 0.3) is 0 Å². The van der Waals surface area contributed by atoms with Gasteiger partial charge in [-0.15, -0.1) is 0 Å². The molecule has 1 saturated heterocycles. The van der Waals surface area contributed by atoms with Crippen LogP contribution in [0.1, 0.15) is 44.9 Å². The van der Waals surface area contributed by atoms with Crippen molar-refractivity contribution in [1.29, 1.82) is 0 Å². The van der Waals surface area contributed by atoms with Gasteiger partial charge in [0, 0.05) is 31.6 Å². The largest absolute Gasteiger partial charge is 0.390 e. The molecule has 2 heterocycles. The highest BCUT2D eigenvalue weighted by molar-refractivity contribution is 5.79. The van der Waals surface area contributed by atoms with Crippen molar-refractivity contribution < 1.29 is 9.90 Å². The van der Waals surface area contributed by atoms with Crippen molar-refractivity contribution in [3.8, 4) is 0 Å². The van der Waals surface area contributed by atoms with Crippen LogP contribution in [-0.2, 0) is 4.79 Å². The van der Waals surface area contributed by atoms with Gasteiger partial charge in [0.2, 0.25) is 5.91 Å². The van der Waals surface area contributed by atoms with Crippen LogP contribution in [0.4, 0.5) is 5.69 Å². The summed E-state index contributed by atoms with van der Waals surface area (Å²) in [5, 5.41) is 17.6. The minimum absolute atomic E-state index is 0.196. The molecule has 1 saturated carbocycles. The lowest BCUT2D eigenvalue weighted by molar-refractivity contribution is -0.142. The summed E-state index contributed by atoms with van der Waals surface area (Å²) >= 11 is 0. The normalized spacial score (nSPS) is 25.9. The second-order valence-electron chi connectivity index (χ2n) is 7.75. The molecule has 0 spiro atoms. The van der Waals surface area contributed by atoms with Gasteiger partial charge in [-0.05, 0) is 44.2 Å². The Kier molecular flexibility index (Phi) is 4.50. The Hall–Kier alpha value is -1.88. The fourth-order valence-corrected chi connectivity index (χ4v) is 4.18. The number of nitrogens with zero attached hydrogens (tertiary/aromatic N) is 3. The standard InChI is InChI=1S/C20H27N3O2/c24-19(16-5-4-6-16)22-13-10-20(25,11-14-22)15-18-9-12-21-23(18)17-7-2-1-3-8-17/h1-3,7-8,12,16,18,25H,4-6,9-11,13-15H2. The highest BCUT2D eigenvalue weighted by Crippen LogP contribution is 2.35. The lowest BCUT2D eigenvalue weighted by Gasteiger charge is -2.42. The maximum atomic E-state index is 12.4. The van der Waals surface area contributed by atoms with Crippen LogP contribution < -0.4 is 5.01 Å². The zero-order valence-corrected chi connectivity index (χ0v) is 14.7. The molecule has 1 aromatic rings. The quantitative estimate of drug-likeness (QED) is 0.916. The Morgan fingerprint density at radius 1 is 1.20 bits per heavy atom. The summed E-state index contributed by atoms with van der Waals surface area (Å²) < 4.78 is 0. The summed E-state index contributed by atoms with van der Waals surface area (Å²) in [5.74, 6) is 0.561. The molecule has 25 heavy (non-hydrogen) atoms. The highest BCUT2D eigenvalue weighted by Gasteiger charge is 2.40. The van der Waals surface area contributed by atoms with E-state index in [1.165, 1.54) is 6.42 Å². The zero-order valence-electron chi connectivity index (χ0n) is 14.7. The first-order valence-electron chi connectivity index (χ1n) is 9.53. The van der Waals surface area contributed by atoms with Gasteiger partial charge in [-0.3, -0.25) is 9.80 Å². The second-order valence-corrected chi connectivity index (χ2v) is 7.75. The number of hydrogen-bond acceptors (Lipinski definition) is 4. The summed E-state index contributed by atoms with van der Waals surface area (Å²) in [5.41, 5.74) is 0.379. The van der Waals surface area contributed by atoms with Crippen molar-refractivity contribution in [3.63, 3.8) is 0 Å². The van der Waals surface area contributed by atoms with Crippen LogP contribution in [-0.4, -0.2) is 46.9 Å². The molecule has 0 aromatic heterocycles. The topological polar surface area (TPSA) is 56.1 Å². The summed E-state index contributed by atoms with van der Waals surface area (Å²) in [4.78, 5) is 14.4. The fraction of sp³-hybridized carbons (Fsp3) is 0.600. The Bertz CT molecular complexity index is 634. The van der Waals surface area contributed by atoms with Gasteiger partial charge in [-0.25, -0.2) is 0 Å². The summed E-state index contributed by atoms with van der Waals surface area (Å²) in [6, 6.07) is 10.3. The van der Waals surface area contributed by atoms with E-state index in [1.807, 2.05) is 34.3 Å². The first kappa shape index (κ1) is 16.6. The number of benzene rings is 1. The minimum Gasteiger partial charge on any atom is -0.390 e. The van der Waals surface area contributed by atoms with Crippen molar-refractivity contribution in [2.45, 2.75) is 56.6 Å². The first-order chi connectivity index (χ1) is 12.1. The summed E-state index contributed by atoms with van der Waals surface area (Å²) in [6.45, 7) is 1.37. The third kappa shape index (κ3) is 3.43. The number of piperidine rings is 1. The van der Waals surface area contributed by atoms with Gasteiger partial charge in [0.15, 0.2) is 0 Å². The highest BCUT2D eigenvalue weighted by atomic mass is 16.3. The maximum Gasteiger partial charge on any atom is 0.225 e. The molecule has 1 atom stereocenters. The zero-order chi connectivity index (χ0) is 17.3. The minimum atomic E-state index is -0.693. The molecule has 1 aromatic carbocycles. The van der Waals surface area contributed by atoms with Gasteiger partial charge in [0.05, 0.1) is 17.3 Å². The van der Waals surface area contributed by atoms with E-state index >= 15 is 0 Å². The Morgan fingerprint density at radius 2 is 1.92 bits per heavy atom. The van der Waals surface area contributed by atoms with Gasteiger partial charge in [0.1, 0.15) is 0 Å². The Balaban J connectivity index is 1.35. The van der Waals surface area contributed by atoms with Crippen LogP contribution in [0.2, 0.25) is 0 Å². The summed E-state index contributed by atoms with van der Waals surface area (Å²) in [7, 11) is 0. The third-order valence-corrected chi connectivity index (χ3v) is 6.03. The molecular weight excluding hydrogens is 314 g/mol. The maximum absolute atomic E-state index is 12.4. The van der Waals surface area contributed by atoms with Crippen molar-refractivity contribution in [2.24, 2.45) is 11.0 Å². The van der Waals surface area contributed by atoms with E-state index in [0.29, 0.717) is 38.3 Å². The average molecular weight is 341 g/mol. The van der Waals surface area contributed by atoms with Gasteiger partial charge in [-0.2, -0.15) is 5.10 Å². The number of carbonyl (C=O) groups is 1. The molecule has 4 rings (SSSR count). The number of likely N-dealkylation sites (tertiary alicyclic amines) is 1. The molecule has 2 fully saturated rings. The number of rotatable bonds is 4. The van der Waals surface area contributed by atoms with E-state index in [1.54, 1.807) is 0 Å².